The number of nitrogens with one attached hydrogen (secondary N) is 7. The summed E-state index contributed by atoms with van der Waals surface area (Å²) in [5.41, 5.74) is 27.3. The number of aromatic nitrogens is 24. The molecular weight excluding hydrogens is 1470 g/mol. The molecular formula is C80H86N32S2. The molecule has 0 radical (unpaired) electrons. The van der Waals surface area contributed by atoms with Crippen LogP contribution in [0.15, 0.2) is 185 Å². The number of imidazole rings is 5. The lowest BCUT2D eigenvalue weighted by Gasteiger charge is -2.23. The maximum Gasteiger partial charge on any atom is 0.180 e. The Morgan fingerprint density at radius 2 is 0.912 bits per heavy atom. The number of hydrogen-bond acceptors (Lipinski definition) is 25. The molecule has 21 rings (SSSR count). The van der Waals surface area contributed by atoms with Crippen LogP contribution in [-0.4, -0.2) is 160 Å². The van der Waals surface area contributed by atoms with E-state index in [2.05, 4.69) is 166 Å². The summed E-state index contributed by atoms with van der Waals surface area (Å²) < 4.78 is 26.5. The molecule has 0 bridgehead atoms. The molecule has 3 unspecified atom stereocenters. The first-order chi connectivity index (χ1) is 55.9. The van der Waals surface area contributed by atoms with Gasteiger partial charge in [-0.3, -0.25) is 36.3 Å². The molecule has 34 heteroatoms. The number of nitrogens with two attached hydrogens (primary N) is 1. The first-order valence-electron chi connectivity index (χ1n) is 38.3. The minimum atomic E-state index is 0.233. The monoisotopic (exact) mass is 1560 g/mol. The van der Waals surface area contributed by atoms with E-state index in [1.807, 2.05) is 152 Å². The third-order valence-corrected chi connectivity index (χ3v) is 22.6. The van der Waals surface area contributed by atoms with Crippen LogP contribution in [0, 0.1) is 6.92 Å². The van der Waals surface area contributed by atoms with Crippen molar-refractivity contribution in [1.29, 1.82) is 0 Å². The number of anilines is 8. The quantitative estimate of drug-likeness (QED) is 0.0445. The van der Waals surface area contributed by atoms with Gasteiger partial charge in [0.05, 0.1) is 101 Å². The molecule has 4 aliphatic rings. The van der Waals surface area contributed by atoms with Crippen molar-refractivity contribution in [3.63, 3.8) is 0 Å². The van der Waals surface area contributed by atoms with Crippen LogP contribution >= 0.6 is 23.1 Å². The molecule has 0 spiro atoms. The molecule has 0 saturated carbocycles. The van der Waals surface area contributed by atoms with Crippen LogP contribution in [0.3, 0.4) is 0 Å². The van der Waals surface area contributed by atoms with Crippen molar-refractivity contribution in [1.82, 2.24) is 131 Å². The minimum Gasteiger partial charge on any atom is -0.337 e. The lowest BCUT2D eigenvalue weighted by molar-refractivity contribution is 0.452. The second-order valence-corrected chi connectivity index (χ2v) is 30.9. The summed E-state index contributed by atoms with van der Waals surface area (Å²) in [5, 5.41) is 43.2. The lowest BCUT2D eigenvalue weighted by atomic mass is 9.95. The van der Waals surface area contributed by atoms with Gasteiger partial charge in [0.15, 0.2) is 45.9 Å². The highest BCUT2D eigenvalue weighted by Gasteiger charge is 2.26. The molecule has 15 aromatic heterocycles. The zero-order chi connectivity index (χ0) is 77.2. The number of piperidine rings is 3. The van der Waals surface area contributed by atoms with Gasteiger partial charge in [-0.25, -0.2) is 44.9 Å². The Morgan fingerprint density at radius 3 is 1.43 bits per heavy atom. The average Bonchev–Trinajstić information content (AvgIpc) is 1.60. The van der Waals surface area contributed by atoms with Gasteiger partial charge in [0, 0.05) is 179 Å². The molecule has 114 heavy (non-hydrogen) atoms. The van der Waals surface area contributed by atoms with Crippen LogP contribution in [0.25, 0.3) is 73.3 Å². The fraction of sp³-hybridized carbons (Fsp3) is 0.287. The summed E-state index contributed by atoms with van der Waals surface area (Å²) in [6.07, 6.45) is 48.8. The van der Waals surface area contributed by atoms with Crippen molar-refractivity contribution in [2.24, 2.45) is 33.9 Å². The van der Waals surface area contributed by atoms with E-state index < -0.39 is 0 Å². The number of benzene rings is 2. The molecule has 0 amide bonds. The zero-order valence-electron chi connectivity index (χ0n) is 63.7. The third kappa shape index (κ3) is 15.7. The number of aryl methyl sites for hydroxylation is 5. The molecule has 1 aliphatic carbocycles. The third-order valence-electron chi connectivity index (χ3n) is 21.1. The normalized spacial score (nSPS) is 16.3. The van der Waals surface area contributed by atoms with E-state index >= 15 is 0 Å². The van der Waals surface area contributed by atoms with Gasteiger partial charge >= 0.3 is 0 Å². The highest BCUT2D eigenvalue weighted by molar-refractivity contribution is 7.10. The summed E-state index contributed by atoms with van der Waals surface area (Å²) >= 11 is 2.91. The molecule has 3 saturated heterocycles. The van der Waals surface area contributed by atoms with E-state index in [-0.39, 0.29) is 6.04 Å². The average molecular weight is 1560 g/mol. The van der Waals surface area contributed by atoms with Crippen LogP contribution in [0.2, 0.25) is 0 Å². The predicted molar refractivity (Wildman–Crippen MR) is 443 cm³/mol. The van der Waals surface area contributed by atoms with Crippen molar-refractivity contribution in [3.05, 3.63) is 219 Å². The summed E-state index contributed by atoms with van der Waals surface area (Å²) in [5.74, 6) is 4.29. The SMILES string of the molecule is Cc1cc(Nc2nc(C3CCCNC3)cn3c(-c4cnn(C)c4)cnc23)sn1.Cn1cc(-c2cnc3c(Nc4cc(C5CCCNC5)ns4)nccn23)cn1.Cn1cc(-c2cnc3c(Nc4ccc(-n5ccnc5)cc4)nc(C4CCNCC4)cn23)cn1.Cn1cc(-c2cnc3c(Nc4ccc5c(c4)CC(N)C5)nccn23)cn1. The number of rotatable bonds is 16. The summed E-state index contributed by atoms with van der Waals surface area (Å²) in [6.45, 7) is 8.17. The van der Waals surface area contributed by atoms with Crippen molar-refractivity contribution in [3.8, 4) is 50.7 Å². The van der Waals surface area contributed by atoms with Crippen molar-refractivity contribution in [2.45, 2.75) is 82.1 Å². The van der Waals surface area contributed by atoms with Gasteiger partial charge in [-0.2, -0.15) is 29.1 Å². The summed E-state index contributed by atoms with van der Waals surface area (Å²) in [7, 11) is 7.66. The Morgan fingerprint density at radius 1 is 0.430 bits per heavy atom. The zero-order valence-corrected chi connectivity index (χ0v) is 65.3. The van der Waals surface area contributed by atoms with Crippen LogP contribution in [0.1, 0.15) is 90.2 Å². The van der Waals surface area contributed by atoms with Crippen LogP contribution in [-0.2, 0) is 41.0 Å². The van der Waals surface area contributed by atoms with Crippen molar-refractivity contribution < 1.29 is 0 Å². The first-order valence-corrected chi connectivity index (χ1v) is 39.8. The largest absolute Gasteiger partial charge is 0.337 e. The molecule has 18 heterocycles. The predicted octanol–water partition coefficient (Wildman–Crippen LogP) is 11.7. The molecule has 3 aliphatic heterocycles. The van der Waals surface area contributed by atoms with E-state index in [9.17, 15) is 0 Å². The standard InChI is InChI=1S/C24H25N9.C19H22N8S.C19H19N7.C18H20N8S/c1-31-14-18(12-28-31)22-13-27-24-23(30-21(15-33(22)24)17-6-8-25-9-7-17)29-19-2-4-20(5-3-19)32-11-10-26-16-32;1-12-6-17(28-25-12)24-18-19-21-9-16(14-8-22-26(2)10-14)27(19)11-15(23-18)13-4-3-5-20-7-13;1-25-11-14(9-23-25)17-10-22-19-18(21-4-5-26(17)19)24-16-3-2-12-6-15(20)7-13(12)8-16;1-25-11-13(9-22-25)15-10-21-18-17(20-5-6-26(15)18)23-16-7-14(24-27-16)12-3-2-4-19-8-12/h2-5,10-17,25H,6-9H2,1H3,(H,29,30);6,8-11,13,20H,3-5,7H2,1-2H3,(H,23,24);2-5,8-11,15H,6-7,20H2,1H3,(H,21,24);5-7,9-12,19H,2-4,8H2,1H3,(H,20,23). The second-order valence-electron chi connectivity index (χ2n) is 29.3. The number of nitrogens with zero attached hydrogens (tertiary/aromatic N) is 24. The maximum absolute atomic E-state index is 6.07. The van der Waals surface area contributed by atoms with Gasteiger partial charge < -0.3 is 47.5 Å². The molecule has 3 atom stereocenters. The Hall–Kier alpha value is -12.7. The first kappa shape index (κ1) is 72.8. The molecule has 9 N–H and O–H groups in total. The molecule has 32 nitrogen and oxygen atoms in total. The van der Waals surface area contributed by atoms with E-state index in [4.69, 9.17) is 20.7 Å². The molecule has 17 aromatic rings. The van der Waals surface area contributed by atoms with Gasteiger partial charge in [-0.05, 0) is 167 Å². The van der Waals surface area contributed by atoms with E-state index in [1.165, 1.54) is 53.5 Å². The smallest absolute Gasteiger partial charge is 0.180 e. The van der Waals surface area contributed by atoms with Crippen molar-refractivity contribution >= 4 is 90.3 Å². The highest BCUT2D eigenvalue weighted by atomic mass is 32.1. The van der Waals surface area contributed by atoms with Crippen LogP contribution in [0.4, 0.5) is 44.6 Å². The fourth-order valence-electron chi connectivity index (χ4n) is 15.3. The van der Waals surface area contributed by atoms with Gasteiger partial charge in [0.1, 0.15) is 10.0 Å². The Kier molecular flexibility index (Phi) is 20.5. The summed E-state index contributed by atoms with van der Waals surface area (Å²) in [4.78, 5) is 41.6. The van der Waals surface area contributed by atoms with Crippen LogP contribution in [0.5, 0.6) is 0 Å². The maximum atomic E-state index is 6.07. The highest BCUT2D eigenvalue weighted by Crippen LogP contribution is 2.37. The lowest BCUT2D eigenvalue weighted by Crippen LogP contribution is -2.29. The van der Waals surface area contributed by atoms with Gasteiger partial charge in [-0.15, -0.1) is 0 Å². The second kappa shape index (κ2) is 32.2. The fourth-order valence-corrected chi connectivity index (χ4v) is 16.7. The number of hydrogen-bond donors (Lipinski definition) is 8. The van der Waals surface area contributed by atoms with Gasteiger partial charge in [0.2, 0.25) is 0 Å². The topological polar surface area (TPSA) is 346 Å². The van der Waals surface area contributed by atoms with Crippen molar-refractivity contribution in [2.75, 3.05) is 60.5 Å². The van der Waals surface area contributed by atoms with Gasteiger partial charge in [0.25, 0.3) is 0 Å². The Bertz CT molecular complexity index is 6160. The van der Waals surface area contributed by atoms with E-state index in [0.717, 1.165) is 212 Å². The molecule has 3 fully saturated rings. The van der Waals surface area contributed by atoms with E-state index in [1.54, 1.807) is 39.0 Å². The number of fused-ring (bicyclic) bond motifs is 5. The van der Waals surface area contributed by atoms with Gasteiger partial charge in [-0.1, -0.05) is 6.07 Å². The van der Waals surface area contributed by atoms with Crippen LogP contribution < -0.4 is 43.0 Å². The Balaban J connectivity index is 0.000000106. The molecule has 2 aromatic carbocycles. The Labute approximate surface area is 663 Å². The summed E-state index contributed by atoms with van der Waals surface area (Å²) in [6, 6.07) is 19.0. The van der Waals surface area contributed by atoms with E-state index in [0.29, 0.717) is 17.8 Å². The minimum absolute atomic E-state index is 0.233. The molecule has 578 valence electrons.